The second-order valence-electron chi connectivity index (χ2n) is 5.75. The highest BCUT2D eigenvalue weighted by molar-refractivity contribution is 5.85. The molecule has 0 saturated heterocycles. The molecule has 0 aromatic rings. The van der Waals surface area contributed by atoms with Gasteiger partial charge in [0.2, 0.25) is 5.91 Å². The van der Waals surface area contributed by atoms with Crippen LogP contribution < -0.4 is 11.1 Å². The normalized spacial score (nSPS) is 36.6. The minimum absolute atomic E-state index is 0. The lowest BCUT2D eigenvalue weighted by Crippen LogP contribution is -2.45. The molecule has 2 unspecified atom stereocenters. The van der Waals surface area contributed by atoms with E-state index in [2.05, 4.69) is 12.2 Å². The van der Waals surface area contributed by atoms with Gasteiger partial charge in [0.25, 0.3) is 0 Å². The number of hydrogen-bond donors (Lipinski definition) is 2. The molecule has 17 heavy (non-hydrogen) atoms. The zero-order valence-electron chi connectivity index (χ0n) is 10.7. The van der Waals surface area contributed by atoms with Gasteiger partial charge in [0.05, 0.1) is 0 Å². The van der Waals surface area contributed by atoms with Gasteiger partial charge in [-0.25, -0.2) is 0 Å². The summed E-state index contributed by atoms with van der Waals surface area (Å²) in [4.78, 5) is 11.8. The Balaban J connectivity index is 0.00000144. The molecule has 2 saturated carbocycles. The zero-order valence-corrected chi connectivity index (χ0v) is 11.5. The van der Waals surface area contributed by atoms with Gasteiger partial charge in [0, 0.05) is 18.5 Å². The van der Waals surface area contributed by atoms with E-state index in [0.717, 1.165) is 31.6 Å². The maximum absolute atomic E-state index is 11.8. The summed E-state index contributed by atoms with van der Waals surface area (Å²) in [7, 11) is 0. The molecule has 0 radical (unpaired) electrons. The van der Waals surface area contributed by atoms with Crippen LogP contribution in [0.1, 0.15) is 51.9 Å². The number of hydrogen-bond acceptors (Lipinski definition) is 2. The van der Waals surface area contributed by atoms with Crippen molar-refractivity contribution < 1.29 is 4.79 Å². The number of halogens is 1. The molecule has 0 aromatic carbocycles. The Morgan fingerprint density at radius 3 is 2.53 bits per heavy atom. The number of carbonyl (C=O) groups excluding carboxylic acids is 1. The first-order chi connectivity index (χ1) is 7.65. The van der Waals surface area contributed by atoms with E-state index >= 15 is 0 Å². The summed E-state index contributed by atoms with van der Waals surface area (Å²) < 4.78 is 0. The van der Waals surface area contributed by atoms with Gasteiger partial charge >= 0.3 is 0 Å². The summed E-state index contributed by atoms with van der Waals surface area (Å²) in [6.07, 6.45) is 7.66. The first-order valence-electron chi connectivity index (χ1n) is 6.70. The molecule has 1 amide bonds. The van der Waals surface area contributed by atoms with Gasteiger partial charge in [-0.3, -0.25) is 4.79 Å². The molecular formula is C13H25ClN2O. The van der Waals surface area contributed by atoms with E-state index in [1.165, 1.54) is 12.8 Å². The summed E-state index contributed by atoms with van der Waals surface area (Å²) in [6, 6.07) is 0.696. The minimum atomic E-state index is 0. The molecule has 0 aliphatic heterocycles. The van der Waals surface area contributed by atoms with Gasteiger partial charge in [-0.05, 0) is 37.5 Å². The number of amides is 1. The van der Waals surface area contributed by atoms with Crippen molar-refractivity contribution in [2.75, 3.05) is 0 Å². The van der Waals surface area contributed by atoms with E-state index in [9.17, 15) is 4.79 Å². The molecule has 2 aliphatic rings. The molecule has 2 atom stereocenters. The molecule has 0 aromatic heterocycles. The Kier molecular flexibility index (Phi) is 5.74. The lowest BCUT2D eigenvalue weighted by atomic mass is 9.80. The van der Waals surface area contributed by atoms with Crippen molar-refractivity contribution >= 4 is 18.3 Å². The molecule has 2 aliphatic carbocycles. The van der Waals surface area contributed by atoms with E-state index in [1.807, 2.05) is 0 Å². The van der Waals surface area contributed by atoms with Crippen molar-refractivity contribution in [3.8, 4) is 0 Å². The van der Waals surface area contributed by atoms with Crippen molar-refractivity contribution in [1.82, 2.24) is 5.32 Å². The Hall–Kier alpha value is -0.280. The van der Waals surface area contributed by atoms with Crippen molar-refractivity contribution in [3.63, 3.8) is 0 Å². The molecule has 4 heteroatoms. The molecular weight excluding hydrogens is 236 g/mol. The third-order valence-electron chi connectivity index (χ3n) is 4.15. The van der Waals surface area contributed by atoms with Crippen molar-refractivity contribution in [1.29, 1.82) is 0 Å². The highest BCUT2D eigenvalue weighted by atomic mass is 35.5. The van der Waals surface area contributed by atoms with Gasteiger partial charge in [0.1, 0.15) is 0 Å². The predicted octanol–water partition coefficient (Wildman–Crippen LogP) is 2.23. The van der Waals surface area contributed by atoms with Crippen LogP contribution in [0.25, 0.3) is 0 Å². The van der Waals surface area contributed by atoms with Crippen LogP contribution in [0.15, 0.2) is 0 Å². The summed E-state index contributed by atoms with van der Waals surface area (Å²) in [5.74, 6) is 1.44. The van der Waals surface area contributed by atoms with Crippen LogP contribution in [0.2, 0.25) is 0 Å². The first-order valence-corrected chi connectivity index (χ1v) is 6.70. The lowest BCUT2D eigenvalue weighted by molar-refractivity contribution is -0.123. The second-order valence-corrected chi connectivity index (χ2v) is 5.75. The average Bonchev–Trinajstić information content (AvgIpc) is 2.19. The standard InChI is InChI=1S/C13H24N2O.ClH/c1-9-6-11(7-9)15-13(16)8-10-4-2-3-5-12(10)14;/h9-12H,2-8,14H2,1H3,(H,15,16);1H. The van der Waals surface area contributed by atoms with Gasteiger partial charge in [0.15, 0.2) is 0 Å². The van der Waals surface area contributed by atoms with E-state index in [4.69, 9.17) is 5.73 Å². The van der Waals surface area contributed by atoms with E-state index in [-0.39, 0.29) is 24.4 Å². The number of rotatable bonds is 3. The molecule has 100 valence electrons. The second kappa shape index (κ2) is 6.60. The molecule has 3 N–H and O–H groups in total. The van der Waals surface area contributed by atoms with Gasteiger partial charge in [-0.1, -0.05) is 19.8 Å². The summed E-state index contributed by atoms with van der Waals surface area (Å²) in [5.41, 5.74) is 6.05. The Labute approximate surface area is 110 Å². The predicted molar refractivity (Wildman–Crippen MR) is 72.1 cm³/mol. The van der Waals surface area contributed by atoms with Crippen LogP contribution in [-0.4, -0.2) is 18.0 Å². The third kappa shape index (κ3) is 4.14. The number of nitrogens with one attached hydrogen (secondary N) is 1. The SMILES string of the molecule is CC1CC(NC(=O)CC2CCCCC2N)C1.Cl. The molecule has 0 bridgehead atoms. The minimum Gasteiger partial charge on any atom is -0.353 e. The molecule has 0 heterocycles. The van der Waals surface area contributed by atoms with Crippen LogP contribution >= 0.6 is 12.4 Å². The van der Waals surface area contributed by atoms with E-state index in [0.29, 0.717) is 18.4 Å². The summed E-state index contributed by atoms with van der Waals surface area (Å²) in [5, 5.41) is 3.12. The Bertz CT molecular complexity index is 254. The zero-order chi connectivity index (χ0) is 11.5. The third-order valence-corrected chi connectivity index (χ3v) is 4.15. The average molecular weight is 261 g/mol. The maximum atomic E-state index is 11.8. The fourth-order valence-electron chi connectivity index (χ4n) is 3.03. The fourth-order valence-corrected chi connectivity index (χ4v) is 3.03. The largest absolute Gasteiger partial charge is 0.353 e. The summed E-state index contributed by atoms with van der Waals surface area (Å²) >= 11 is 0. The Morgan fingerprint density at radius 1 is 1.29 bits per heavy atom. The molecule has 0 spiro atoms. The van der Waals surface area contributed by atoms with Crippen LogP contribution in [0.5, 0.6) is 0 Å². The lowest BCUT2D eigenvalue weighted by Gasteiger charge is -2.34. The fraction of sp³-hybridized carbons (Fsp3) is 0.923. The van der Waals surface area contributed by atoms with Crippen LogP contribution in [0.4, 0.5) is 0 Å². The monoisotopic (exact) mass is 260 g/mol. The molecule has 2 rings (SSSR count). The maximum Gasteiger partial charge on any atom is 0.220 e. The van der Waals surface area contributed by atoms with E-state index in [1.54, 1.807) is 0 Å². The highest BCUT2D eigenvalue weighted by Crippen LogP contribution is 2.28. The van der Waals surface area contributed by atoms with E-state index < -0.39 is 0 Å². The quantitative estimate of drug-likeness (QED) is 0.818. The van der Waals surface area contributed by atoms with Crippen LogP contribution in [0.3, 0.4) is 0 Å². The van der Waals surface area contributed by atoms with Gasteiger partial charge in [-0.2, -0.15) is 0 Å². The van der Waals surface area contributed by atoms with Crippen molar-refractivity contribution in [3.05, 3.63) is 0 Å². The Morgan fingerprint density at radius 2 is 1.94 bits per heavy atom. The van der Waals surface area contributed by atoms with Gasteiger partial charge in [-0.15, -0.1) is 12.4 Å². The summed E-state index contributed by atoms with van der Waals surface area (Å²) in [6.45, 7) is 2.24. The number of nitrogens with two attached hydrogens (primary N) is 1. The number of carbonyl (C=O) groups is 1. The van der Waals surface area contributed by atoms with Gasteiger partial charge < -0.3 is 11.1 Å². The first kappa shape index (κ1) is 14.8. The van der Waals surface area contributed by atoms with Crippen molar-refractivity contribution in [2.24, 2.45) is 17.6 Å². The van der Waals surface area contributed by atoms with Crippen LogP contribution in [0, 0.1) is 11.8 Å². The molecule has 3 nitrogen and oxygen atoms in total. The topological polar surface area (TPSA) is 55.1 Å². The van der Waals surface area contributed by atoms with Crippen molar-refractivity contribution in [2.45, 2.75) is 64.0 Å². The smallest absolute Gasteiger partial charge is 0.220 e. The van der Waals surface area contributed by atoms with Crippen LogP contribution in [-0.2, 0) is 4.79 Å². The molecule has 2 fully saturated rings. The highest BCUT2D eigenvalue weighted by Gasteiger charge is 2.29.